The van der Waals surface area contributed by atoms with Crippen LogP contribution >= 0.6 is 0 Å². The van der Waals surface area contributed by atoms with E-state index in [2.05, 4.69) is 14.6 Å². The van der Waals surface area contributed by atoms with E-state index in [0.717, 1.165) is 16.9 Å². The van der Waals surface area contributed by atoms with Gasteiger partial charge in [0, 0.05) is 37.9 Å². The van der Waals surface area contributed by atoms with Crippen LogP contribution in [0.5, 0.6) is 0 Å². The van der Waals surface area contributed by atoms with Crippen molar-refractivity contribution in [2.75, 3.05) is 35.8 Å². The van der Waals surface area contributed by atoms with Gasteiger partial charge in [-0.25, -0.2) is 13.4 Å². The van der Waals surface area contributed by atoms with Gasteiger partial charge >= 0.3 is 0 Å². The number of benzene rings is 2. The van der Waals surface area contributed by atoms with Gasteiger partial charge in [0.1, 0.15) is 5.82 Å². The molecule has 1 fully saturated rings. The molecule has 0 saturated carbocycles. The minimum Gasteiger partial charge on any atom is -0.353 e. The quantitative estimate of drug-likeness (QED) is 0.644. The Kier molecular flexibility index (Phi) is 6.14. The molecule has 32 heavy (non-hydrogen) atoms. The number of nitrogens with zero attached hydrogens (tertiary/aromatic N) is 3. The Balaban J connectivity index is 1.51. The van der Waals surface area contributed by atoms with Gasteiger partial charge in [0.25, 0.3) is 15.9 Å². The van der Waals surface area contributed by atoms with E-state index < -0.39 is 10.0 Å². The van der Waals surface area contributed by atoms with Crippen LogP contribution < -0.4 is 9.62 Å². The molecule has 1 N–H and O–H groups in total. The molecule has 2 heterocycles. The van der Waals surface area contributed by atoms with Gasteiger partial charge in [0.15, 0.2) is 0 Å². The average molecular weight is 451 g/mol. The molecule has 0 aliphatic carbocycles. The standard InChI is InChI=1S/C24H26N4O3S/c1-18-10-11-20(32(30,31)26-22-8-4-3-7-19(22)2)17-21(18)24(29)28-15-13-27(14-16-28)23-9-5-6-12-25-23/h3-12,17,26H,13-16H2,1-2H3. The van der Waals surface area contributed by atoms with Crippen molar-refractivity contribution in [3.63, 3.8) is 0 Å². The topological polar surface area (TPSA) is 82.6 Å². The molecule has 0 bridgehead atoms. The van der Waals surface area contributed by atoms with Crippen LogP contribution in [-0.2, 0) is 10.0 Å². The van der Waals surface area contributed by atoms with Gasteiger partial charge in [0.05, 0.1) is 10.6 Å². The fourth-order valence-corrected chi connectivity index (χ4v) is 4.90. The largest absolute Gasteiger partial charge is 0.353 e. The second-order valence-corrected chi connectivity index (χ2v) is 9.55. The Bertz CT molecular complexity index is 1220. The predicted octanol–water partition coefficient (Wildman–Crippen LogP) is 3.46. The molecule has 1 aliphatic heterocycles. The van der Waals surface area contributed by atoms with Crippen LogP contribution in [0.1, 0.15) is 21.5 Å². The molecule has 8 heteroatoms. The first-order chi connectivity index (χ1) is 15.3. The van der Waals surface area contributed by atoms with Gasteiger partial charge in [-0.15, -0.1) is 0 Å². The molecule has 1 saturated heterocycles. The fourth-order valence-electron chi connectivity index (χ4n) is 3.74. The molecule has 0 radical (unpaired) electrons. The van der Waals surface area contributed by atoms with Gasteiger partial charge in [0.2, 0.25) is 0 Å². The molecular formula is C24H26N4O3S. The van der Waals surface area contributed by atoms with E-state index in [1.54, 1.807) is 29.3 Å². The minimum absolute atomic E-state index is 0.0711. The highest BCUT2D eigenvalue weighted by Crippen LogP contribution is 2.23. The summed E-state index contributed by atoms with van der Waals surface area (Å²) in [6.45, 7) is 6.11. The van der Waals surface area contributed by atoms with Crippen LogP contribution in [0.4, 0.5) is 11.5 Å². The zero-order valence-electron chi connectivity index (χ0n) is 18.2. The Morgan fingerprint density at radius 2 is 1.62 bits per heavy atom. The lowest BCUT2D eigenvalue weighted by atomic mass is 10.1. The smallest absolute Gasteiger partial charge is 0.261 e. The first-order valence-corrected chi connectivity index (χ1v) is 12.0. The van der Waals surface area contributed by atoms with Crippen molar-refractivity contribution in [2.45, 2.75) is 18.7 Å². The lowest BCUT2D eigenvalue weighted by Gasteiger charge is -2.35. The normalized spacial score (nSPS) is 14.3. The maximum atomic E-state index is 13.2. The average Bonchev–Trinajstić information content (AvgIpc) is 2.81. The summed E-state index contributed by atoms with van der Waals surface area (Å²) in [5.41, 5.74) is 2.50. The van der Waals surface area contributed by atoms with Crippen LogP contribution in [0.3, 0.4) is 0 Å². The third-order valence-corrected chi connectivity index (χ3v) is 7.04. The number of pyridine rings is 1. The number of piperazine rings is 1. The first-order valence-electron chi connectivity index (χ1n) is 10.5. The van der Waals surface area contributed by atoms with Crippen LogP contribution in [0, 0.1) is 13.8 Å². The van der Waals surface area contributed by atoms with Crippen molar-refractivity contribution in [3.05, 3.63) is 83.6 Å². The third-order valence-electron chi connectivity index (χ3n) is 5.68. The van der Waals surface area contributed by atoms with E-state index in [1.165, 1.54) is 12.1 Å². The van der Waals surface area contributed by atoms with Crippen molar-refractivity contribution in [1.82, 2.24) is 9.88 Å². The number of carbonyl (C=O) groups is 1. The molecule has 4 rings (SSSR count). The lowest BCUT2D eigenvalue weighted by molar-refractivity contribution is 0.0745. The number of anilines is 2. The fraction of sp³-hybridized carbons (Fsp3) is 0.250. The second kappa shape index (κ2) is 9.00. The monoisotopic (exact) mass is 450 g/mol. The Labute approximate surface area is 188 Å². The van der Waals surface area contributed by atoms with E-state index >= 15 is 0 Å². The summed E-state index contributed by atoms with van der Waals surface area (Å²) in [5.74, 6) is 0.738. The second-order valence-electron chi connectivity index (χ2n) is 7.86. The summed E-state index contributed by atoms with van der Waals surface area (Å²) in [5, 5.41) is 0. The summed E-state index contributed by atoms with van der Waals surface area (Å²) < 4.78 is 28.6. The van der Waals surface area contributed by atoms with E-state index in [0.29, 0.717) is 37.4 Å². The molecule has 1 aliphatic rings. The number of amides is 1. The molecule has 2 aromatic carbocycles. The summed E-state index contributed by atoms with van der Waals surface area (Å²) in [4.78, 5) is 21.6. The number of rotatable bonds is 5. The molecule has 3 aromatic rings. The lowest BCUT2D eigenvalue weighted by Crippen LogP contribution is -2.49. The van der Waals surface area contributed by atoms with E-state index in [9.17, 15) is 13.2 Å². The Morgan fingerprint density at radius 1 is 0.906 bits per heavy atom. The zero-order valence-corrected chi connectivity index (χ0v) is 19.0. The van der Waals surface area contributed by atoms with Crippen molar-refractivity contribution in [3.8, 4) is 0 Å². The van der Waals surface area contributed by atoms with Crippen molar-refractivity contribution in [1.29, 1.82) is 0 Å². The molecule has 166 valence electrons. The van der Waals surface area contributed by atoms with Crippen LogP contribution in [0.2, 0.25) is 0 Å². The molecular weight excluding hydrogens is 424 g/mol. The van der Waals surface area contributed by atoms with E-state index in [1.807, 2.05) is 44.2 Å². The Morgan fingerprint density at radius 3 is 2.31 bits per heavy atom. The molecule has 1 aromatic heterocycles. The maximum absolute atomic E-state index is 13.2. The number of carbonyl (C=O) groups excluding carboxylic acids is 1. The van der Waals surface area contributed by atoms with Crippen LogP contribution in [0.15, 0.2) is 71.8 Å². The minimum atomic E-state index is -3.82. The van der Waals surface area contributed by atoms with Gasteiger partial charge in [-0.3, -0.25) is 9.52 Å². The van der Waals surface area contributed by atoms with Crippen LogP contribution in [0.25, 0.3) is 0 Å². The molecule has 7 nitrogen and oxygen atoms in total. The van der Waals surface area contributed by atoms with Gasteiger partial charge in [-0.05, 0) is 55.3 Å². The summed E-state index contributed by atoms with van der Waals surface area (Å²) in [6, 6.07) is 17.7. The number of nitrogens with one attached hydrogen (secondary N) is 1. The third kappa shape index (κ3) is 4.60. The van der Waals surface area contributed by atoms with Gasteiger partial charge in [-0.1, -0.05) is 30.3 Å². The highest BCUT2D eigenvalue weighted by molar-refractivity contribution is 7.92. The predicted molar refractivity (Wildman–Crippen MR) is 126 cm³/mol. The molecule has 1 amide bonds. The number of sulfonamides is 1. The highest BCUT2D eigenvalue weighted by Gasteiger charge is 2.25. The number of hydrogen-bond donors (Lipinski definition) is 1. The maximum Gasteiger partial charge on any atom is 0.261 e. The molecule has 0 unspecified atom stereocenters. The number of hydrogen-bond acceptors (Lipinski definition) is 5. The zero-order chi connectivity index (χ0) is 22.7. The van der Waals surface area contributed by atoms with Crippen molar-refractivity contribution < 1.29 is 13.2 Å². The van der Waals surface area contributed by atoms with Crippen molar-refractivity contribution in [2.24, 2.45) is 0 Å². The molecule has 0 atom stereocenters. The van der Waals surface area contributed by atoms with Gasteiger partial charge in [-0.2, -0.15) is 0 Å². The van der Waals surface area contributed by atoms with Gasteiger partial charge < -0.3 is 9.80 Å². The summed E-state index contributed by atoms with van der Waals surface area (Å²) in [6.07, 6.45) is 1.76. The summed E-state index contributed by atoms with van der Waals surface area (Å²) >= 11 is 0. The summed E-state index contributed by atoms with van der Waals surface area (Å²) in [7, 11) is -3.82. The highest BCUT2D eigenvalue weighted by atomic mass is 32.2. The Hall–Kier alpha value is -3.39. The molecule has 0 spiro atoms. The van der Waals surface area contributed by atoms with E-state index in [-0.39, 0.29) is 10.8 Å². The number of aryl methyl sites for hydroxylation is 2. The first kappa shape index (κ1) is 21.8. The number of para-hydroxylation sites is 1. The van der Waals surface area contributed by atoms with Crippen molar-refractivity contribution >= 4 is 27.4 Å². The van der Waals surface area contributed by atoms with Crippen LogP contribution in [-0.4, -0.2) is 50.4 Å². The number of aromatic nitrogens is 1. The van der Waals surface area contributed by atoms with E-state index in [4.69, 9.17) is 0 Å². The SMILES string of the molecule is Cc1ccccc1NS(=O)(=O)c1ccc(C)c(C(=O)N2CCN(c3ccccn3)CC2)c1.